The Bertz CT molecular complexity index is 856. The zero-order valence-corrected chi connectivity index (χ0v) is 15.9. The summed E-state index contributed by atoms with van der Waals surface area (Å²) in [6.07, 6.45) is 7.47. The van der Waals surface area contributed by atoms with Gasteiger partial charge in [-0.1, -0.05) is 24.3 Å². The van der Waals surface area contributed by atoms with Gasteiger partial charge in [-0.2, -0.15) is 4.98 Å². The molecular weight excluding hydrogens is 354 g/mol. The lowest BCUT2D eigenvalue weighted by Gasteiger charge is -2.28. The third kappa shape index (κ3) is 4.25. The molecule has 0 radical (unpaired) electrons. The van der Waals surface area contributed by atoms with Crippen LogP contribution < -0.4 is 16.4 Å². The van der Waals surface area contributed by atoms with Gasteiger partial charge in [0.05, 0.1) is 11.7 Å². The molecule has 1 aromatic heterocycles. The number of fused-ring (bicyclic) bond motifs is 1. The summed E-state index contributed by atoms with van der Waals surface area (Å²) >= 11 is 0. The Morgan fingerprint density at radius 3 is 2.71 bits per heavy atom. The topological polar surface area (TPSA) is 113 Å². The van der Waals surface area contributed by atoms with Crippen LogP contribution in [0.15, 0.2) is 30.5 Å². The van der Waals surface area contributed by atoms with Gasteiger partial charge in [0.25, 0.3) is 5.91 Å². The molecule has 5 N–H and O–H groups in total. The predicted octanol–water partition coefficient (Wildman–Crippen LogP) is 2.26. The number of anilines is 2. The maximum atomic E-state index is 11.8. The van der Waals surface area contributed by atoms with Gasteiger partial charge in [0.1, 0.15) is 5.82 Å². The second kappa shape index (κ2) is 8.14. The van der Waals surface area contributed by atoms with Crippen LogP contribution in [0.1, 0.15) is 53.6 Å². The second-order valence-corrected chi connectivity index (χ2v) is 7.83. The summed E-state index contributed by atoms with van der Waals surface area (Å²) in [6.45, 7) is 0. The lowest BCUT2D eigenvalue weighted by atomic mass is 9.88. The van der Waals surface area contributed by atoms with Crippen molar-refractivity contribution in [1.29, 1.82) is 0 Å². The number of hydrogen-bond donors (Lipinski definition) is 4. The summed E-state index contributed by atoms with van der Waals surface area (Å²) in [5.74, 6) is 0.380. The Morgan fingerprint density at radius 1 is 1.11 bits per heavy atom. The van der Waals surface area contributed by atoms with E-state index in [1.54, 1.807) is 0 Å². The highest BCUT2D eigenvalue weighted by molar-refractivity contribution is 5.97. The minimum absolute atomic E-state index is 0.0751. The molecule has 1 fully saturated rings. The summed E-state index contributed by atoms with van der Waals surface area (Å²) in [4.78, 5) is 20.7. The number of amides is 1. The van der Waals surface area contributed by atoms with Crippen molar-refractivity contribution in [2.75, 3.05) is 10.6 Å². The molecule has 1 unspecified atom stereocenters. The number of carbonyl (C=O) groups is 1. The van der Waals surface area contributed by atoms with Gasteiger partial charge in [-0.15, -0.1) is 0 Å². The minimum Gasteiger partial charge on any atom is -0.393 e. The van der Waals surface area contributed by atoms with E-state index in [0.717, 1.165) is 38.5 Å². The van der Waals surface area contributed by atoms with Gasteiger partial charge >= 0.3 is 0 Å². The van der Waals surface area contributed by atoms with Crippen LogP contribution in [0.5, 0.6) is 0 Å². The molecule has 0 bridgehead atoms. The van der Waals surface area contributed by atoms with Crippen LogP contribution in [0.3, 0.4) is 0 Å². The van der Waals surface area contributed by atoms with Crippen molar-refractivity contribution in [3.8, 4) is 0 Å². The van der Waals surface area contributed by atoms with Crippen LogP contribution >= 0.6 is 0 Å². The van der Waals surface area contributed by atoms with E-state index < -0.39 is 5.91 Å². The van der Waals surface area contributed by atoms with Crippen molar-refractivity contribution in [2.45, 2.75) is 63.1 Å². The van der Waals surface area contributed by atoms with Gasteiger partial charge in [0.15, 0.2) is 0 Å². The second-order valence-electron chi connectivity index (χ2n) is 7.83. The molecule has 0 spiro atoms. The summed E-state index contributed by atoms with van der Waals surface area (Å²) in [5, 5.41) is 16.6. The molecule has 2 aromatic rings. The molecule has 4 rings (SSSR count). The van der Waals surface area contributed by atoms with E-state index in [2.05, 4.69) is 44.9 Å². The molecule has 7 heteroatoms. The Kier molecular flexibility index (Phi) is 5.43. The van der Waals surface area contributed by atoms with Crippen molar-refractivity contribution >= 4 is 17.7 Å². The van der Waals surface area contributed by atoms with E-state index in [-0.39, 0.29) is 23.8 Å². The van der Waals surface area contributed by atoms with Crippen molar-refractivity contribution in [2.24, 2.45) is 5.73 Å². The number of carbonyl (C=O) groups excluding carboxylic acids is 1. The van der Waals surface area contributed by atoms with Gasteiger partial charge in [-0.25, -0.2) is 4.98 Å². The zero-order valence-electron chi connectivity index (χ0n) is 15.9. The highest BCUT2D eigenvalue weighted by atomic mass is 16.3. The van der Waals surface area contributed by atoms with Crippen molar-refractivity contribution in [1.82, 2.24) is 9.97 Å². The third-order valence-corrected chi connectivity index (χ3v) is 5.72. The molecule has 3 atom stereocenters. The van der Waals surface area contributed by atoms with E-state index in [0.29, 0.717) is 18.2 Å². The quantitative estimate of drug-likeness (QED) is 0.632. The van der Waals surface area contributed by atoms with Gasteiger partial charge in [-0.05, 0) is 56.1 Å². The van der Waals surface area contributed by atoms with Crippen molar-refractivity contribution in [3.05, 3.63) is 47.2 Å². The first kappa shape index (κ1) is 18.7. The Morgan fingerprint density at radius 2 is 1.93 bits per heavy atom. The fourth-order valence-electron chi connectivity index (χ4n) is 4.23. The van der Waals surface area contributed by atoms with Gasteiger partial charge in [-0.3, -0.25) is 4.79 Å². The van der Waals surface area contributed by atoms with Crippen LogP contribution in [0.25, 0.3) is 0 Å². The number of aromatic nitrogens is 2. The molecule has 148 valence electrons. The predicted molar refractivity (Wildman–Crippen MR) is 108 cm³/mol. The maximum absolute atomic E-state index is 11.8. The number of rotatable bonds is 5. The number of primary amides is 1. The normalized spacial score (nSPS) is 24.2. The van der Waals surface area contributed by atoms with E-state index in [4.69, 9.17) is 5.73 Å². The standard InChI is InChI=1S/C21H27N5O2/c22-19(28)18-12-23-21(26-20(18)24-15-6-3-7-17(27)11-15)25-16-9-8-13-4-1-2-5-14(13)10-16/h1-2,4-5,12,15-17,27H,3,6-11H2,(H2,22,28)(H2,23,24,25,26)/t15-,16?,17+/m1/s1. The molecular formula is C21H27N5O2. The number of nitrogens with two attached hydrogens (primary N) is 1. The summed E-state index contributed by atoms with van der Waals surface area (Å²) in [6, 6.07) is 8.83. The van der Waals surface area contributed by atoms with Gasteiger partial charge in [0.2, 0.25) is 5.95 Å². The minimum atomic E-state index is -0.558. The van der Waals surface area contributed by atoms with Crippen LogP contribution in [0.2, 0.25) is 0 Å². The molecule has 1 aromatic carbocycles. The zero-order chi connectivity index (χ0) is 19.5. The highest BCUT2D eigenvalue weighted by Gasteiger charge is 2.24. The number of aliphatic hydroxyl groups excluding tert-OH is 1. The molecule has 7 nitrogen and oxygen atoms in total. The first-order valence-electron chi connectivity index (χ1n) is 10.0. The average Bonchev–Trinajstić information content (AvgIpc) is 2.68. The third-order valence-electron chi connectivity index (χ3n) is 5.72. The molecule has 2 aliphatic rings. The highest BCUT2D eigenvalue weighted by Crippen LogP contribution is 2.25. The van der Waals surface area contributed by atoms with Crippen LogP contribution in [0.4, 0.5) is 11.8 Å². The molecule has 28 heavy (non-hydrogen) atoms. The summed E-state index contributed by atoms with van der Waals surface area (Å²) in [7, 11) is 0. The average molecular weight is 381 g/mol. The number of aryl methyl sites for hydroxylation is 1. The number of benzene rings is 1. The summed E-state index contributed by atoms with van der Waals surface area (Å²) in [5.41, 5.74) is 8.55. The number of nitrogens with one attached hydrogen (secondary N) is 2. The van der Waals surface area contributed by atoms with E-state index in [1.165, 1.54) is 17.3 Å². The monoisotopic (exact) mass is 381 g/mol. The molecule has 1 saturated carbocycles. The molecule has 0 saturated heterocycles. The molecule has 2 aliphatic carbocycles. The van der Waals surface area contributed by atoms with Gasteiger partial charge in [0, 0.05) is 18.3 Å². The fourth-order valence-corrected chi connectivity index (χ4v) is 4.23. The smallest absolute Gasteiger partial charge is 0.254 e. The van der Waals surface area contributed by atoms with Crippen molar-refractivity contribution in [3.63, 3.8) is 0 Å². The van der Waals surface area contributed by atoms with Crippen LogP contribution in [-0.4, -0.2) is 39.2 Å². The van der Waals surface area contributed by atoms with E-state index in [1.807, 2.05) is 0 Å². The first-order chi connectivity index (χ1) is 13.6. The number of nitrogens with zero attached hydrogens (tertiary/aromatic N) is 2. The molecule has 1 amide bonds. The largest absolute Gasteiger partial charge is 0.393 e. The Balaban J connectivity index is 1.49. The fraction of sp³-hybridized carbons (Fsp3) is 0.476. The number of aliphatic hydroxyl groups is 1. The van der Waals surface area contributed by atoms with Crippen molar-refractivity contribution < 1.29 is 9.90 Å². The van der Waals surface area contributed by atoms with E-state index in [9.17, 15) is 9.90 Å². The molecule has 1 heterocycles. The summed E-state index contributed by atoms with van der Waals surface area (Å²) < 4.78 is 0. The SMILES string of the molecule is NC(=O)c1cnc(NC2CCc3ccccc3C2)nc1N[C@@H]1CCC[C@H](O)C1. The van der Waals surface area contributed by atoms with Crippen LogP contribution in [0, 0.1) is 0 Å². The van der Waals surface area contributed by atoms with Gasteiger partial charge < -0.3 is 21.5 Å². The van der Waals surface area contributed by atoms with E-state index >= 15 is 0 Å². The Hall–Kier alpha value is -2.67. The van der Waals surface area contributed by atoms with Crippen LogP contribution in [-0.2, 0) is 12.8 Å². The lowest BCUT2D eigenvalue weighted by molar-refractivity contribution is 0.100. The lowest BCUT2D eigenvalue weighted by Crippen LogP contribution is -2.32. The maximum Gasteiger partial charge on any atom is 0.254 e. The Labute approximate surface area is 164 Å². The molecule has 0 aliphatic heterocycles. The number of hydrogen-bond acceptors (Lipinski definition) is 6. The first-order valence-corrected chi connectivity index (χ1v) is 10.0.